The lowest BCUT2D eigenvalue weighted by Crippen LogP contribution is -2.11. The van der Waals surface area contributed by atoms with E-state index in [2.05, 4.69) is 10.3 Å². The number of halogens is 2. The van der Waals surface area contributed by atoms with Gasteiger partial charge in [-0.25, -0.2) is 8.78 Å². The van der Waals surface area contributed by atoms with Crippen molar-refractivity contribution in [1.29, 1.82) is 0 Å². The summed E-state index contributed by atoms with van der Waals surface area (Å²) >= 11 is 0. The summed E-state index contributed by atoms with van der Waals surface area (Å²) in [5.74, 6) is 0. The second-order valence-electron chi connectivity index (χ2n) is 3.02. The normalized spacial score (nSPS) is 10.9. The summed E-state index contributed by atoms with van der Waals surface area (Å²) in [4.78, 5) is 4.64. The van der Waals surface area contributed by atoms with E-state index in [1.165, 1.54) is 13.2 Å². The molecule has 78 valence electrons. The molecule has 0 aliphatic heterocycles. The van der Waals surface area contributed by atoms with Gasteiger partial charge < -0.3 is 4.84 Å². The Labute approximate surface area is 81.8 Å². The highest BCUT2D eigenvalue weighted by Gasteiger charge is 2.10. The molecule has 0 heterocycles. The molecule has 0 saturated carbocycles. The Bertz CT molecular complexity index is 302. The largest absolute Gasteiger partial charge is 0.305 e. The molecule has 0 bridgehead atoms. The summed E-state index contributed by atoms with van der Waals surface area (Å²) in [6.07, 6.45) is -2.42. The number of alkyl halides is 2. The fraction of sp³-hybridized carbons (Fsp3) is 0.400. The topological polar surface area (TPSA) is 21.3 Å². The van der Waals surface area contributed by atoms with Crippen molar-refractivity contribution in [3.05, 3.63) is 34.9 Å². The SMILES string of the molecule is CONCc1ccc(C)c(C(F)F)c1. The van der Waals surface area contributed by atoms with Crippen LogP contribution in [-0.2, 0) is 11.4 Å². The molecule has 0 unspecified atom stereocenters. The van der Waals surface area contributed by atoms with E-state index >= 15 is 0 Å². The van der Waals surface area contributed by atoms with E-state index in [0.29, 0.717) is 12.1 Å². The lowest BCUT2D eigenvalue weighted by atomic mass is 10.1. The predicted octanol–water partition coefficient (Wildman–Crippen LogP) is 2.58. The molecule has 0 saturated heterocycles. The fourth-order valence-corrected chi connectivity index (χ4v) is 1.19. The summed E-state index contributed by atoms with van der Waals surface area (Å²) < 4.78 is 25.0. The minimum atomic E-state index is -2.42. The third-order valence-corrected chi connectivity index (χ3v) is 2.00. The van der Waals surface area contributed by atoms with Gasteiger partial charge in [0, 0.05) is 12.1 Å². The number of aryl methyl sites for hydroxylation is 1. The maximum Gasteiger partial charge on any atom is 0.264 e. The minimum absolute atomic E-state index is 0.0837. The first-order chi connectivity index (χ1) is 6.65. The Balaban J connectivity index is 2.83. The molecular formula is C10H13F2NO. The van der Waals surface area contributed by atoms with Gasteiger partial charge in [-0.15, -0.1) is 0 Å². The summed E-state index contributed by atoms with van der Waals surface area (Å²) in [6, 6.07) is 4.98. The molecule has 0 atom stereocenters. The van der Waals surface area contributed by atoms with Gasteiger partial charge in [-0.3, -0.25) is 0 Å². The van der Waals surface area contributed by atoms with E-state index in [1.54, 1.807) is 19.1 Å². The Morgan fingerprint density at radius 3 is 2.71 bits per heavy atom. The zero-order valence-corrected chi connectivity index (χ0v) is 8.18. The third-order valence-electron chi connectivity index (χ3n) is 2.00. The monoisotopic (exact) mass is 201 g/mol. The summed E-state index contributed by atoms with van der Waals surface area (Å²) in [5, 5.41) is 0. The fourth-order valence-electron chi connectivity index (χ4n) is 1.19. The molecule has 0 fully saturated rings. The van der Waals surface area contributed by atoms with Crippen LogP contribution >= 0.6 is 0 Å². The molecule has 0 aliphatic rings. The first kappa shape index (κ1) is 11.1. The predicted molar refractivity (Wildman–Crippen MR) is 50.0 cm³/mol. The van der Waals surface area contributed by atoms with Gasteiger partial charge >= 0.3 is 0 Å². The number of hydrogen-bond donors (Lipinski definition) is 1. The second-order valence-corrected chi connectivity index (χ2v) is 3.02. The van der Waals surface area contributed by atoms with E-state index in [-0.39, 0.29) is 5.56 Å². The standard InChI is InChI=1S/C10H13F2NO/c1-7-3-4-8(6-13-14-2)5-9(7)10(11)12/h3-5,10,13H,6H2,1-2H3. The van der Waals surface area contributed by atoms with Gasteiger partial charge in [0.25, 0.3) is 6.43 Å². The molecule has 0 radical (unpaired) electrons. The first-order valence-electron chi connectivity index (χ1n) is 4.28. The highest BCUT2D eigenvalue weighted by molar-refractivity contribution is 5.31. The van der Waals surface area contributed by atoms with E-state index in [1.807, 2.05) is 0 Å². The van der Waals surface area contributed by atoms with Crippen molar-refractivity contribution >= 4 is 0 Å². The van der Waals surface area contributed by atoms with Gasteiger partial charge in [0.1, 0.15) is 0 Å². The molecule has 0 amide bonds. The first-order valence-corrected chi connectivity index (χ1v) is 4.28. The molecule has 1 N–H and O–H groups in total. The Hall–Kier alpha value is -1.00. The van der Waals surface area contributed by atoms with Crippen molar-refractivity contribution in [2.45, 2.75) is 19.9 Å². The lowest BCUT2D eigenvalue weighted by Gasteiger charge is -2.08. The molecule has 1 aromatic carbocycles. The van der Waals surface area contributed by atoms with E-state index in [4.69, 9.17) is 0 Å². The van der Waals surface area contributed by atoms with Crippen LogP contribution in [0.25, 0.3) is 0 Å². The maximum atomic E-state index is 12.5. The molecule has 4 heteroatoms. The van der Waals surface area contributed by atoms with E-state index < -0.39 is 6.43 Å². The van der Waals surface area contributed by atoms with Crippen LogP contribution in [-0.4, -0.2) is 7.11 Å². The zero-order chi connectivity index (χ0) is 10.6. The van der Waals surface area contributed by atoms with Crippen LogP contribution in [0, 0.1) is 6.92 Å². The van der Waals surface area contributed by atoms with Crippen molar-refractivity contribution in [2.75, 3.05) is 7.11 Å². The number of nitrogens with one attached hydrogen (secondary N) is 1. The molecule has 0 spiro atoms. The van der Waals surface area contributed by atoms with Crippen molar-refractivity contribution in [2.24, 2.45) is 0 Å². The highest BCUT2D eigenvalue weighted by Crippen LogP contribution is 2.23. The minimum Gasteiger partial charge on any atom is -0.305 e. The van der Waals surface area contributed by atoms with Crippen molar-refractivity contribution < 1.29 is 13.6 Å². The van der Waals surface area contributed by atoms with Crippen LogP contribution in [0.2, 0.25) is 0 Å². The zero-order valence-electron chi connectivity index (χ0n) is 8.18. The van der Waals surface area contributed by atoms with Gasteiger partial charge in [-0.2, -0.15) is 5.48 Å². The van der Waals surface area contributed by atoms with Crippen molar-refractivity contribution in [1.82, 2.24) is 5.48 Å². The second kappa shape index (κ2) is 5.02. The lowest BCUT2D eigenvalue weighted by molar-refractivity contribution is 0.0865. The molecular weight excluding hydrogens is 188 g/mol. The molecule has 0 aliphatic carbocycles. The Morgan fingerprint density at radius 1 is 1.43 bits per heavy atom. The highest BCUT2D eigenvalue weighted by atomic mass is 19.3. The van der Waals surface area contributed by atoms with Crippen LogP contribution in [0.3, 0.4) is 0 Å². The molecule has 14 heavy (non-hydrogen) atoms. The molecule has 1 aromatic rings. The van der Waals surface area contributed by atoms with E-state index in [0.717, 1.165) is 5.56 Å². The van der Waals surface area contributed by atoms with Crippen molar-refractivity contribution in [3.8, 4) is 0 Å². The van der Waals surface area contributed by atoms with Crippen LogP contribution in [0.15, 0.2) is 18.2 Å². The average molecular weight is 201 g/mol. The van der Waals surface area contributed by atoms with Gasteiger partial charge in [0.2, 0.25) is 0 Å². The quantitative estimate of drug-likeness (QED) is 0.756. The molecule has 0 aromatic heterocycles. The summed E-state index contributed by atoms with van der Waals surface area (Å²) in [7, 11) is 1.49. The van der Waals surface area contributed by atoms with Crippen LogP contribution < -0.4 is 5.48 Å². The van der Waals surface area contributed by atoms with Crippen LogP contribution in [0.4, 0.5) is 8.78 Å². The Kier molecular flexibility index (Phi) is 3.98. The van der Waals surface area contributed by atoms with Crippen molar-refractivity contribution in [3.63, 3.8) is 0 Å². The smallest absolute Gasteiger partial charge is 0.264 e. The summed E-state index contributed by atoms with van der Waals surface area (Å²) in [6.45, 7) is 2.10. The number of rotatable bonds is 4. The third kappa shape index (κ3) is 2.75. The number of hydroxylamine groups is 1. The van der Waals surface area contributed by atoms with Gasteiger partial charge in [-0.05, 0) is 24.1 Å². The summed E-state index contributed by atoms with van der Waals surface area (Å²) in [5.41, 5.74) is 4.09. The Morgan fingerprint density at radius 2 is 2.14 bits per heavy atom. The van der Waals surface area contributed by atoms with E-state index in [9.17, 15) is 8.78 Å². The number of hydrogen-bond acceptors (Lipinski definition) is 2. The number of benzene rings is 1. The van der Waals surface area contributed by atoms with Gasteiger partial charge in [0.05, 0.1) is 7.11 Å². The van der Waals surface area contributed by atoms with Crippen LogP contribution in [0.5, 0.6) is 0 Å². The van der Waals surface area contributed by atoms with Crippen LogP contribution in [0.1, 0.15) is 23.1 Å². The van der Waals surface area contributed by atoms with Gasteiger partial charge in [-0.1, -0.05) is 12.1 Å². The van der Waals surface area contributed by atoms with Gasteiger partial charge in [0.15, 0.2) is 0 Å². The molecule has 2 nitrogen and oxygen atoms in total. The maximum absolute atomic E-state index is 12.5. The average Bonchev–Trinajstić information content (AvgIpc) is 2.16. The molecule has 1 rings (SSSR count).